The summed E-state index contributed by atoms with van der Waals surface area (Å²) in [5.74, 6) is 7.42. The number of hydrogen-bond acceptors (Lipinski definition) is 4. The first-order valence-electron chi connectivity index (χ1n) is 5.70. The molecule has 1 rings (SSSR count). The van der Waals surface area contributed by atoms with Gasteiger partial charge in [0, 0.05) is 10.5 Å². The summed E-state index contributed by atoms with van der Waals surface area (Å²) in [7, 11) is 1.67. The highest BCUT2D eigenvalue weighted by Crippen LogP contribution is 2.29. The molecule has 1 atom stereocenters. The molecule has 0 bridgehead atoms. The Morgan fingerprint density at radius 3 is 2.65 bits per heavy atom. The highest BCUT2D eigenvalue weighted by atomic mass is 32.2. The molecule has 0 saturated carbocycles. The maximum absolute atomic E-state index is 5.62. The Bertz CT molecular complexity index is 350. The predicted octanol–water partition coefficient (Wildman–Crippen LogP) is 2.73. The summed E-state index contributed by atoms with van der Waals surface area (Å²) in [5.41, 5.74) is 4.02. The van der Waals surface area contributed by atoms with Gasteiger partial charge in [-0.3, -0.25) is 11.3 Å². The minimum Gasteiger partial charge on any atom is -0.497 e. The van der Waals surface area contributed by atoms with Gasteiger partial charge in [0.1, 0.15) is 5.75 Å². The van der Waals surface area contributed by atoms with Crippen LogP contribution in [0.4, 0.5) is 0 Å². The van der Waals surface area contributed by atoms with Gasteiger partial charge in [0.05, 0.1) is 13.2 Å². The molecule has 3 nitrogen and oxygen atoms in total. The van der Waals surface area contributed by atoms with Gasteiger partial charge < -0.3 is 4.74 Å². The molecule has 17 heavy (non-hydrogen) atoms. The van der Waals surface area contributed by atoms with Crippen LogP contribution in [0.15, 0.2) is 24.3 Å². The van der Waals surface area contributed by atoms with E-state index in [1.807, 2.05) is 30.0 Å². The Morgan fingerprint density at radius 2 is 2.12 bits per heavy atom. The minimum absolute atomic E-state index is 0.148. The molecule has 0 heterocycles. The minimum atomic E-state index is 0.148. The average molecular weight is 254 g/mol. The quantitative estimate of drug-likeness (QED) is 0.626. The second-order valence-electron chi connectivity index (χ2n) is 4.92. The van der Waals surface area contributed by atoms with Gasteiger partial charge in [-0.25, -0.2) is 0 Å². The van der Waals surface area contributed by atoms with E-state index >= 15 is 0 Å². The third kappa shape index (κ3) is 4.98. The lowest BCUT2D eigenvalue weighted by molar-refractivity contribution is 0.413. The molecule has 0 aliphatic heterocycles. The fourth-order valence-corrected chi connectivity index (χ4v) is 2.39. The Kier molecular flexibility index (Phi) is 5.31. The van der Waals surface area contributed by atoms with Crippen LogP contribution in [-0.4, -0.2) is 17.6 Å². The molecule has 4 heteroatoms. The first-order chi connectivity index (χ1) is 7.96. The summed E-state index contributed by atoms with van der Waals surface area (Å²) >= 11 is 1.89. The predicted molar refractivity (Wildman–Crippen MR) is 75.3 cm³/mol. The van der Waals surface area contributed by atoms with E-state index in [4.69, 9.17) is 10.6 Å². The van der Waals surface area contributed by atoms with Crippen molar-refractivity contribution in [1.82, 2.24) is 5.43 Å². The van der Waals surface area contributed by atoms with Crippen LogP contribution in [0.2, 0.25) is 0 Å². The van der Waals surface area contributed by atoms with E-state index in [1.54, 1.807) is 7.11 Å². The number of hydrogen-bond donors (Lipinski definition) is 2. The van der Waals surface area contributed by atoms with Crippen LogP contribution in [0.3, 0.4) is 0 Å². The molecule has 0 radical (unpaired) electrons. The van der Waals surface area contributed by atoms with Crippen molar-refractivity contribution in [2.75, 3.05) is 12.9 Å². The van der Waals surface area contributed by atoms with Crippen molar-refractivity contribution in [1.29, 1.82) is 0 Å². The van der Waals surface area contributed by atoms with E-state index in [1.165, 1.54) is 0 Å². The third-order valence-electron chi connectivity index (χ3n) is 2.38. The molecular formula is C13H22N2OS. The van der Waals surface area contributed by atoms with E-state index in [0.29, 0.717) is 0 Å². The Morgan fingerprint density at radius 1 is 1.41 bits per heavy atom. The van der Waals surface area contributed by atoms with Gasteiger partial charge in [-0.2, -0.15) is 11.8 Å². The van der Waals surface area contributed by atoms with Crippen LogP contribution in [0.25, 0.3) is 0 Å². The first-order valence-corrected chi connectivity index (χ1v) is 6.69. The highest BCUT2D eigenvalue weighted by Gasteiger charge is 2.16. The second-order valence-corrected chi connectivity index (χ2v) is 6.77. The average Bonchev–Trinajstić information content (AvgIpc) is 2.29. The van der Waals surface area contributed by atoms with Gasteiger partial charge in [-0.15, -0.1) is 0 Å². The first kappa shape index (κ1) is 14.4. The van der Waals surface area contributed by atoms with Gasteiger partial charge in [0.15, 0.2) is 0 Å². The van der Waals surface area contributed by atoms with Crippen molar-refractivity contribution in [3.05, 3.63) is 29.8 Å². The Labute approximate surface area is 108 Å². The largest absolute Gasteiger partial charge is 0.497 e. The lowest BCUT2D eigenvalue weighted by atomic mass is 10.1. The number of rotatable bonds is 5. The third-order valence-corrected chi connectivity index (χ3v) is 3.75. The molecule has 0 fully saturated rings. The van der Waals surface area contributed by atoms with E-state index in [0.717, 1.165) is 17.1 Å². The zero-order valence-electron chi connectivity index (χ0n) is 11.0. The van der Waals surface area contributed by atoms with E-state index in [-0.39, 0.29) is 10.8 Å². The lowest BCUT2D eigenvalue weighted by Gasteiger charge is -2.23. The van der Waals surface area contributed by atoms with Crippen molar-refractivity contribution in [2.24, 2.45) is 5.84 Å². The standard InChI is InChI=1S/C13H22N2OS/c1-13(2,3)17-9-12(15-14)10-6-5-7-11(8-10)16-4/h5-8,12,15H,9,14H2,1-4H3. The summed E-state index contributed by atoms with van der Waals surface area (Å²) in [4.78, 5) is 0. The Hall–Kier alpha value is -0.710. The van der Waals surface area contributed by atoms with Crippen LogP contribution < -0.4 is 16.0 Å². The monoisotopic (exact) mass is 254 g/mol. The number of nitrogens with two attached hydrogens (primary N) is 1. The fourth-order valence-electron chi connectivity index (χ4n) is 1.43. The van der Waals surface area contributed by atoms with Crippen molar-refractivity contribution < 1.29 is 4.74 Å². The van der Waals surface area contributed by atoms with Crippen LogP contribution in [-0.2, 0) is 0 Å². The van der Waals surface area contributed by atoms with Crippen molar-refractivity contribution in [2.45, 2.75) is 31.6 Å². The SMILES string of the molecule is COc1cccc(C(CSC(C)(C)C)NN)c1. The van der Waals surface area contributed by atoms with Gasteiger partial charge in [0.25, 0.3) is 0 Å². The van der Waals surface area contributed by atoms with E-state index < -0.39 is 0 Å². The van der Waals surface area contributed by atoms with Crippen LogP contribution in [0.1, 0.15) is 32.4 Å². The maximum Gasteiger partial charge on any atom is 0.119 e. The maximum atomic E-state index is 5.62. The van der Waals surface area contributed by atoms with Gasteiger partial charge in [-0.05, 0) is 17.7 Å². The van der Waals surface area contributed by atoms with Crippen molar-refractivity contribution in [3.63, 3.8) is 0 Å². The van der Waals surface area contributed by atoms with E-state index in [9.17, 15) is 0 Å². The number of benzene rings is 1. The zero-order chi connectivity index (χ0) is 12.9. The molecule has 96 valence electrons. The smallest absolute Gasteiger partial charge is 0.119 e. The molecule has 0 aliphatic carbocycles. The summed E-state index contributed by atoms with van der Waals surface area (Å²) < 4.78 is 5.46. The summed E-state index contributed by atoms with van der Waals surface area (Å²) in [5, 5.41) is 0. The van der Waals surface area contributed by atoms with Gasteiger partial charge >= 0.3 is 0 Å². The molecule has 1 unspecified atom stereocenters. The number of ether oxygens (including phenoxy) is 1. The zero-order valence-corrected chi connectivity index (χ0v) is 11.8. The normalized spacial score (nSPS) is 13.5. The molecule has 0 aromatic heterocycles. The molecule has 1 aromatic rings. The molecular weight excluding hydrogens is 232 g/mol. The van der Waals surface area contributed by atoms with Crippen LogP contribution in [0.5, 0.6) is 5.75 Å². The Balaban J connectivity index is 2.72. The molecule has 3 N–H and O–H groups in total. The van der Waals surface area contributed by atoms with E-state index in [2.05, 4.69) is 32.3 Å². The van der Waals surface area contributed by atoms with Crippen LogP contribution in [0, 0.1) is 0 Å². The molecule has 0 amide bonds. The lowest BCUT2D eigenvalue weighted by Crippen LogP contribution is -2.30. The van der Waals surface area contributed by atoms with Crippen molar-refractivity contribution >= 4 is 11.8 Å². The molecule has 0 aliphatic rings. The summed E-state index contributed by atoms with van der Waals surface area (Å²) in [6, 6.07) is 8.16. The molecule has 1 aromatic carbocycles. The molecule has 0 spiro atoms. The second kappa shape index (κ2) is 6.28. The number of methoxy groups -OCH3 is 1. The number of thioether (sulfide) groups is 1. The van der Waals surface area contributed by atoms with Gasteiger partial charge in [-0.1, -0.05) is 32.9 Å². The van der Waals surface area contributed by atoms with Crippen LogP contribution >= 0.6 is 11.8 Å². The molecule has 0 saturated heterocycles. The van der Waals surface area contributed by atoms with Gasteiger partial charge in [0.2, 0.25) is 0 Å². The summed E-state index contributed by atoms with van der Waals surface area (Å²) in [6.07, 6.45) is 0. The summed E-state index contributed by atoms with van der Waals surface area (Å²) in [6.45, 7) is 6.62. The number of nitrogens with one attached hydrogen (secondary N) is 1. The van der Waals surface area contributed by atoms with Crippen molar-refractivity contribution in [3.8, 4) is 5.75 Å². The number of hydrazine groups is 1. The topological polar surface area (TPSA) is 47.3 Å². The highest BCUT2D eigenvalue weighted by molar-refractivity contribution is 8.00. The fraction of sp³-hybridized carbons (Fsp3) is 0.538.